The van der Waals surface area contributed by atoms with Crippen LogP contribution in [0.25, 0.3) is 0 Å². The molecule has 3 heteroatoms. The molecule has 21 heavy (non-hydrogen) atoms. The Bertz CT molecular complexity index is 560. The number of aromatic nitrogens is 1. The van der Waals surface area contributed by atoms with E-state index >= 15 is 0 Å². The molecule has 0 saturated carbocycles. The molecule has 2 N–H and O–H groups in total. The number of pyridine rings is 1. The Morgan fingerprint density at radius 2 is 1.81 bits per heavy atom. The van der Waals surface area contributed by atoms with Gasteiger partial charge >= 0.3 is 0 Å². The molecule has 1 saturated heterocycles. The van der Waals surface area contributed by atoms with Gasteiger partial charge in [0.05, 0.1) is 0 Å². The first-order valence-corrected chi connectivity index (χ1v) is 7.79. The van der Waals surface area contributed by atoms with Crippen molar-refractivity contribution in [1.82, 2.24) is 4.98 Å². The molecule has 0 bridgehead atoms. The third-order valence-corrected chi connectivity index (χ3v) is 4.35. The Hall–Kier alpha value is -1.87. The van der Waals surface area contributed by atoms with Gasteiger partial charge in [-0.05, 0) is 48.4 Å². The van der Waals surface area contributed by atoms with E-state index in [0.717, 1.165) is 30.4 Å². The summed E-state index contributed by atoms with van der Waals surface area (Å²) >= 11 is 0. The lowest BCUT2D eigenvalue weighted by molar-refractivity contribution is 0.402. The number of rotatable bonds is 4. The lowest BCUT2D eigenvalue weighted by atomic mass is 9.90. The van der Waals surface area contributed by atoms with E-state index in [9.17, 15) is 0 Å². The highest BCUT2D eigenvalue weighted by atomic mass is 15.2. The number of anilines is 1. The number of benzene rings is 1. The molecule has 0 atom stereocenters. The average molecular weight is 281 g/mol. The molecule has 0 radical (unpaired) electrons. The third kappa shape index (κ3) is 3.61. The van der Waals surface area contributed by atoms with Crippen molar-refractivity contribution in [2.45, 2.75) is 25.8 Å². The molecule has 110 valence electrons. The van der Waals surface area contributed by atoms with Crippen molar-refractivity contribution >= 4 is 5.82 Å². The molecule has 0 spiro atoms. The minimum Gasteiger partial charge on any atom is -0.357 e. The van der Waals surface area contributed by atoms with Crippen molar-refractivity contribution in [2.75, 3.05) is 18.0 Å². The van der Waals surface area contributed by atoms with E-state index in [0.29, 0.717) is 6.54 Å². The number of hydrogen-bond donors (Lipinski definition) is 1. The maximum Gasteiger partial charge on any atom is 0.128 e. The summed E-state index contributed by atoms with van der Waals surface area (Å²) in [6, 6.07) is 14.9. The molecule has 1 aromatic heterocycles. The van der Waals surface area contributed by atoms with Crippen LogP contribution in [0.4, 0.5) is 5.82 Å². The first-order chi connectivity index (χ1) is 10.3. The number of nitrogens with zero attached hydrogens (tertiary/aromatic N) is 2. The van der Waals surface area contributed by atoms with Gasteiger partial charge in [-0.2, -0.15) is 0 Å². The van der Waals surface area contributed by atoms with Gasteiger partial charge in [0.1, 0.15) is 5.82 Å². The largest absolute Gasteiger partial charge is 0.357 e. The van der Waals surface area contributed by atoms with Gasteiger partial charge in [-0.3, -0.25) is 0 Å². The molecule has 2 aromatic rings. The van der Waals surface area contributed by atoms with E-state index in [1.54, 1.807) is 0 Å². The molecule has 1 aromatic carbocycles. The highest BCUT2D eigenvalue weighted by Crippen LogP contribution is 2.25. The Morgan fingerprint density at radius 3 is 2.52 bits per heavy atom. The summed E-state index contributed by atoms with van der Waals surface area (Å²) in [4.78, 5) is 6.88. The van der Waals surface area contributed by atoms with Gasteiger partial charge in [-0.25, -0.2) is 4.98 Å². The van der Waals surface area contributed by atoms with E-state index < -0.39 is 0 Å². The second-order valence-corrected chi connectivity index (χ2v) is 5.85. The topological polar surface area (TPSA) is 42.1 Å². The van der Waals surface area contributed by atoms with Gasteiger partial charge < -0.3 is 10.6 Å². The van der Waals surface area contributed by atoms with Crippen LogP contribution in [0.3, 0.4) is 0 Å². The van der Waals surface area contributed by atoms with Gasteiger partial charge in [0.15, 0.2) is 0 Å². The minimum atomic E-state index is 0.583. The fourth-order valence-electron chi connectivity index (χ4n) is 3.07. The van der Waals surface area contributed by atoms with Gasteiger partial charge in [0.2, 0.25) is 0 Å². The molecule has 2 heterocycles. The lowest BCUT2D eigenvalue weighted by Crippen LogP contribution is -2.34. The minimum absolute atomic E-state index is 0.583. The normalized spacial score (nSPS) is 16.1. The maximum absolute atomic E-state index is 5.71. The van der Waals surface area contributed by atoms with Crippen molar-refractivity contribution < 1.29 is 0 Å². The van der Waals surface area contributed by atoms with Gasteiger partial charge in [-0.15, -0.1) is 0 Å². The summed E-state index contributed by atoms with van der Waals surface area (Å²) in [5, 5.41) is 0. The fourth-order valence-corrected chi connectivity index (χ4v) is 3.07. The van der Waals surface area contributed by atoms with Gasteiger partial charge in [-0.1, -0.05) is 30.3 Å². The summed E-state index contributed by atoms with van der Waals surface area (Å²) in [6.07, 6.45) is 5.55. The van der Waals surface area contributed by atoms with Crippen LogP contribution in [0.1, 0.15) is 24.0 Å². The number of hydrogen-bond acceptors (Lipinski definition) is 3. The molecule has 3 nitrogen and oxygen atoms in total. The lowest BCUT2D eigenvalue weighted by Gasteiger charge is -2.33. The van der Waals surface area contributed by atoms with Crippen molar-refractivity contribution in [1.29, 1.82) is 0 Å². The highest BCUT2D eigenvalue weighted by molar-refractivity contribution is 5.41. The zero-order valence-corrected chi connectivity index (χ0v) is 12.4. The van der Waals surface area contributed by atoms with Crippen LogP contribution in [0, 0.1) is 5.92 Å². The molecular formula is C18H23N3. The number of piperidine rings is 1. The molecule has 0 amide bonds. The molecule has 1 aliphatic heterocycles. The third-order valence-electron chi connectivity index (χ3n) is 4.35. The number of nitrogens with two attached hydrogens (primary N) is 1. The molecule has 1 fully saturated rings. The molecule has 0 aliphatic carbocycles. The smallest absolute Gasteiger partial charge is 0.128 e. The van der Waals surface area contributed by atoms with Crippen molar-refractivity contribution in [2.24, 2.45) is 11.7 Å². The van der Waals surface area contributed by atoms with Crippen molar-refractivity contribution in [3.05, 3.63) is 59.8 Å². The Morgan fingerprint density at radius 1 is 1.05 bits per heavy atom. The molecule has 1 aliphatic rings. The van der Waals surface area contributed by atoms with Crippen molar-refractivity contribution in [3.63, 3.8) is 0 Å². The standard InChI is InChI=1S/C18H23N3/c19-14-17-6-9-20-18(13-17)21-10-7-16(8-11-21)12-15-4-2-1-3-5-15/h1-6,9,13,16H,7-8,10-12,14,19H2. The second-order valence-electron chi connectivity index (χ2n) is 5.85. The summed E-state index contributed by atoms with van der Waals surface area (Å²) in [5.41, 5.74) is 8.33. The highest BCUT2D eigenvalue weighted by Gasteiger charge is 2.20. The van der Waals surface area contributed by atoms with E-state index in [1.807, 2.05) is 12.3 Å². The first-order valence-electron chi connectivity index (χ1n) is 7.79. The van der Waals surface area contributed by atoms with E-state index in [2.05, 4.69) is 46.3 Å². The zero-order valence-electron chi connectivity index (χ0n) is 12.4. The van der Waals surface area contributed by atoms with Crippen LogP contribution >= 0.6 is 0 Å². The van der Waals surface area contributed by atoms with Crippen LogP contribution in [0.15, 0.2) is 48.7 Å². The molecule has 3 rings (SSSR count). The zero-order chi connectivity index (χ0) is 14.5. The Kier molecular flexibility index (Phi) is 4.51. The molecular weight excluding hydrogens is 258 g/mol. The summed E-state index contributed by atoms with van der Waals surface area (Å²) < 4.78 is 0. The summed E-state index contributed by atoms with van der Waals surface area (Å²) in [7, 11) is 0. The van der Waals surface area contributed by atoms with E-state index in [-0.39, 0.29) is 0 Å². The van der Waals surface area contributed by atoms with Crippen LogP contribution in [-0.2, 0) is 13.0 Å². The maximum atomic E-state index is 5.71. The molecule has 0 unspecified atom stereocenters. The van der Waals surface area contributed by atoms with E-state index in [4.69, 9.17) is 5.73 Å². The van der Waals surface area contributed by atoms with Crippen LogP contribution < -0.4 is 10.6 Å². The predicted octanol–water partition coefficient (Wildman–Crippen LogP) is 3.00. The summed E-state index contributed by atoms with van der Waals surface area (Å²) in [5.74, 6) is 1.87. The quantitative estimate of drug-likeness (QED) is 0.936. The fraction of sp³-hybridized carbons (Fsp3) is 0.389. The monoisotopic (exact) mass is 281 g/mol. The SMILES string of the molecule is NCc1ccnc(N2CCC(Cc3ccccc3)CC2)c1. The summed E-state index contributed by atoms with van der Waals surface area (Å²) in [6.45, 7) is 2.77. The predicted molar refractivity (Wildman–Crippen MR) is 87.2 cm³/mol. The van der Waals surface area contributed by atoms with Crippen LogP contribution in [0.2, 0.25) is 0 Å². The first kappa shape index (κ1) is 14.1. The van der Waals surface area contributed by atoms with Gasteiger partial charge in [0.25, 0.3) is 0 Å². The average Bonchev–Trinajstić information content (AvgIpc) is 2.56. The van der Waals surface area contributed by atoms with Crippen LogP contribution in [-0.4, -0.2) is 18.1 Å². The second kappa shape index (κ2) is 6.72. The Labute approximate surface area is 126 Å². The van der Waals surface area contributed by atoms with Crippen molar-refractivity contribution in [3.8, 4) is 0 Å². The van der Waals surface area contributed by atoms with Crippen LogP contribution in [0.5, 0.6) is 0 Å². The Balaban J connectivity index is 1.57. The van der Waals surface area contributed by atoms with Gasteiger partial charge in [0, 0.05) is 25.8 Å². The van der Waals surface area contributed by atoms with E-state index in [1.165, 1.54) is 24.8 Å².